The van der Waals surface area contributed by atoms with Crippen molar-refractivity contribution in [2.45, 2.75) is 51.4 Å². The number of aromatic nitrogens is 1. The predicted molar refractivity (Wildman–Crippen MR) is 120 cm³/mol. The molecule has 1 aliphatic heterocycles. The molecule has 1 aromatic heterocycles. The van der Waals surface area contributed by atoms with E-state index in [-0.39, 0.29) is 34.8 Å². The van der Waals surface area contributed by atoms with Crippen LogP contribution < -0.4 is 10.1 Å². The lowest BCUT2D eigenvalue weighted by Crippen LogP contribution is -2.42. The second-order valence-electron chi connectivity index (χ2n) is 8.82. The van der Waals surface area contributed by atoms with E-state index in [1.165, 1.54) is 29.3 Å². The van der Waals surface area contributed by atoms with E-state index in [2.05, 4.69) is 10.3 Å². The zero-order valence-electron chi connectivity index (χ0n) is 18.9. The number of anilines is 1. The summed E-state index contributed by atoms with van der Waals surface area (Å²) in [5, 5.41) is 2.33. The Kier molecular flexibility index (Phi) is 7.60. The first-order valence-corrected chi connectivity index (χ1v) is 11.0. The number of nitrogens with one attached hydrogen (secondary N) is 1. The van der Waals surface area contributed by atoms with Gasteiger partial charge in [-0.3, -0.25) is 4.79 Å². The van der Waals surface area contributed by atoms with E-state index in [1.807, 2.05) is 0 Å². The number of halogens is 4. The first-order valence-electron chi connectivity index (χ1n) is 10.6. The average molecular weight is 500 g/mol. The molecule has 34 heavy (non-hydrogen) atoms. The van der Waals surface area contributed by atoms with Crippen LogP contribution in [0.3, 0.4) is 0 Å². The summed E-state index contributed by atoms with van der Waals surface area (Å²) in [4.78, 5) is 30.2. The molecule has 2 aromatic rings. The second kappa shape index (κ2) is 10.1. The SMILES string of the molecule is CC(C)(C)OC(=O)N1CCC[C@@H]1COc1cc(NC(=O)c2cccnc2Cl)cc(C(F)(F)F)c1. The van der Waals surface area contributed by atoms with Gasteiger partial charge in [-0.1, -0.05) is 11.6 Å². The van der Waals surface area contributed by atoms with Gasteiger partial charge in [-0.25, -0.2) is 9.78 Å². The van der Waals surface area contributed by atoms with Crippen LogP contribution in [0.5, 0.6) is 5.75 Å². The van der Waals surface area contributed by atoms with E-state index in [0.29, 0.717) is 13.0 Å². The van der Waals surface area contributed by atoms with E-state index in [1.54, 1.807) is 20.8 Å². The molecule has 1 fully saturated rings. The normalized spacial score (nSPS) is 16.3. The zero-order valence-corrected chi connectivity index (χ0v) is 19.7. The van der Waals surface area contributed by atoms with Crippen molar-refractivity contribution in [3.05, 3.63) is 52.8 Å². The van der Waals surface area contributed by atoms with Crippen LogP contribution in [0.2, 0.25) is 5.15 Å². The van der Waals surface area contributed by atoms with Crippen LogP contribution in [-0.2, 0) is 10.9 Å². The number of benzene rings is 1. The van der Waals surface area contributed by atoms with Gasteiger partial charge in [0.25, 0.3) is 5.91 Å². The zero-order chi connectivity index (χ0) is 25.1. The van der Waals surface area contributed by atoms with Crippen molar-refractivity contribution in [3.63, 3.8) is 0 Å². The highest BCUT2D eigenvalue weighted by atomic mass is 35.5. The van der Waals surface area contributed by atoms with Crippen molar-refractivity contribution in [1.82, 2.24) is 9.88 Å². The Morgan fingerprint density at radius 3 is 2.62 bits per heavy atom. The Labute approximate surface area is 200 Å². The lowest BCUT2D eigenvalue weighted by Gasteiger charge is -2.28. The molecule has 1 saturated heterocycles. The Morgan fingerprint density at radius 2 is 1.97 bits per heavy atom. The first kappa shape index (κ1) is 25.6. The van der Waals surface area contributed by atoms with E-state index < -0.39 is 29.3 Å². The number of nitrogens with zero attached hydrogens (tertiary/aromatic N) is 2. The van der Waals surface area contributed by atoms with Gasteiger partial charge in [0.15, 0.2) is 0 Å². The number of rotatable bonds is 5. The van der Waals surface area contributed by atoms with Gasteiger partial charge in [0.2, 0.25) is 0 Å². The molecule has 2 heterocycles. The molecule has 1 atom stereocenters. The van der Waals surface area contributed by atoms with Crippen molar-refractivity contribution in [1.29, 1.82) is 0 Å². The smallest absolute Gasteiger partial charge is 0.416 e. The highest BCUT2D eigenvalue weighted by molar-refractivity contribution is 6.33. The Hall–Kier alpha value is -3.01. The summed E-state index contributed by atoms with van der Waals surface area (Å²) < 4.78 is 51.5. The maximum atomic E-state index is 13.5. The number of ether oxygens (including phenoxy) is 2. The van der Waals surface area contributed by atoms with Gasteiger partial charge in [-0.2, -0.15) is 13.2 Å². The summed E-state index contributed by atoms with van der Waals surface area (Å²) in [5.74, 6) is -0.811. The number of likely N-dealkylation sites (tertiary alicyclic amines) is 1. The number of pyridine rings is 1. The number of amides is 2. The molecule has 2 amide bonds. The summed E-state index contributed by atoms with van der Waals surface area (Å²) in [5.41, 5.74) is -1.77. The summed E-state index contributed by atoms with van der Waals surface area (Å²) in [6.07, 6.45) is -2.42. The lowest BCUT2D eigenvalue weighted by molar-refractivity contribution is -0.137. The molecule has 0 unspecified atom stereocenters. The molecule has 11 heteroatoms. The van der Waals surface area contributed by atoms with Gasteiger partial charge in [0.05, 0.1) is 17.2 Å². The fourth-order valence-corrected chi connectivity index (χ4v) is 3.64. The minimum absolute atomic E-state index is 0.0167. The summed E-state index contributed by atoms with van der Waals surface area (Å²) in [7, 11) is 0. The number of carbonyl (C=O) groups excluding carboxylic acids is 2. The monoisotopic (exact) mass is 499 g/mol. The third-order valence-corrected chi connectivity index (χ3v) is 5.24. The molecule has 0 saturated carbocycles. The molecular formula is C23H25ClF3N3O4. The third kappa shape index (κ3) is 6.75. The summed E-state index contributed by atoms with van der Waals surface area (Å²) in [6.45, 7) is 5.71. The maximum Gasteiger partial charge on any atom is 0.416 e. The van der Waals surface area contributed by atoms with Crippen molar-refractivity contribution in [3.8, 4) is 5.75 Å². The minimum atomic E-state index is -4.67. The quantitative estimate of drug-likeness (QED) is 0.527. The van der Waals surface area contributed by atoms with Crippen molar-refractivity contribution in [2.24, 2.45) is 0 Å². The lowest BCUT2D eigenvalue weighted by atomic mass is 10.1. The molecule has 0 aliphatic carbocycles. The van der Waals surface area contributed by atoms with Crippen molar-refractivity contribution in [2.75, 3.05) is 18.5 Å². The second-order valence-corrected chi connectivity index (χ2v) is 9.18. The molecule has 3 rings (SSSR count). The van der Waals surface area contributed by atoms with Crippen LogP contribution >= 0.6 is 11.6 Å². The predicted octanol–water partition coefficient (Wildman–Crippen LogP) is 5.78. The molecule has 0 spiro atoms. The molecular weight excluding hydrogens is 475 g/mol. The Bertz CT molecular complexity index is 1060. The molecule has 0 radical (unpaired) electrons. The summed E-state index contributed by atoms with van der Waals surface area (Å²) >= 11 is 5.90. The van der Waals surface area contributed by atoms with Crippen LogP contribution in [0.4, 0.5) is 23.7 Å². The Balaban J connectivity index is 1.77. The minimum Gasteiger partial charge on any atom is -0.491 e. The number of hydrogen-bond acceptors (Lipinski definition) is 5. The van der Waals surface area contributed by atoms with Crippen LogP contribution in [0.25, 0.3) is 0 Å². The van der Waals surface area contributed by atoms with E-state index in [4.69, 9.17) is 21.1 Å². The van der Waals surface area contributed by atoms with Gasteiger partial charge in [0.1, 0.15) is 23.1 Å². The fraction of sp³-hybridized carbons (Fsp3) is 0.435. The number of alkyl halides is 3. The van der Waals surface area contributed by atoms with E-state index in [9.17, 15) is 22.8 Å². The molecule has 184 valence electrons. The van der Waals surface area contributed by atoms with Gasteiger partial charge in [0, 0.05) is 24.5 Å². The van der Waals surface area contributed by atoms with Crippen LogP contribution in [0, 0.1) is 0 Å². The average Bonchev–Trinajstić information content (AvgIpc) is 3.19. The fourth-order valence-electron chi connectivity index (χ4n) is 3.43. The van der Waals surface area contributed by atoms with E-state index >= 15 is 0 Å². The molecule has 1 aromatic carbocycles. The van der Waals surface area contributed by atoms with Gasteiger partial charge in [-0.05, 0) is 57.9 Å². The van der Waals surface area contributed by atoms with Gasteiger partial charge >= 0.3 is 12.3 Å². The van der Waals surface area contributed by atoms with Crippen LogP contribution in [-0.4, -0.2) is 46.7 Å². The summed E-state index contributed by atoms with van der Waals surface area (Å²) in [6, 6.07) is 5.47. The van der Waals surface area contributed by atoms with Crippen molar-refractivity contribution < 1.29 is 32.2 Å². The van der Waals surface area contributed by atoms with E-state index in [0.717, 1.165) is 18.6 Å². The van der Waals surface area contributed by atoms with Crippen LogP contribution in [0.15, 0.2) is 36.5 Å². The third-order valence-electron chi connectivity index (χ3n) is 4.94. The Morgan fingerprint density at radius 1 is 1.24 bits per heavy atom. The number of hydrogen-bond donors (Lipinski definition) is 1. The molecule has 0 bridgehead atoms. The largest absolute Gasteiger partial charge is 0.491 e. The first-order chi connectivity index (χ1) is 15.8. The van der Waals surface area contributed by atoms with Crippen molar-refractivity contribution >= 4 is 29.3 Å². The van der Waals surface area contributed by atoms with Gasteiger partial charge in [-0.15, -0.1) is 0 Å². The topological polar surface area (TPSA) is 80.8 Å². The molecule has 7 nitrogen and oxygen atoms in total. The highest BCUT2D eigenvalue weighted by Crippen LogP contribution is 2.35. The highest BCUT2D eigenvalue weighted by Gasteiger charge is 2.34. The maximum absolute atomic E-state index is 13.5. The number of carbonyl (C=O) groups is 2. The van der Waals surface area contributed by atoms with Gasteiger partial charge < -0.3 is 19.7 Å². The standard InChI is InChI=1S/C23H25ClF3N3O4/c1-22(2,3)34-21(32)30-9-5-6-16(30)13-33-17-11-14(23(25,26)27)10-15(12-17)29-20(31)18-7-4-8-28-19(18)24/h4,7-8,10-12,16H,5-6,9,13H2,1-3H3,(H,29,31)/t16-/m1/s1. The van der Waals surface area contributed by atoms with Crippen LogP contribution in [0.1, 0.15) is 49.5 Å². The molecule has 1 N–H and O–H groups in total. The molecule has 1 aliphatic rings.